The normalized spacial score (nSPS) is 15.0. The minimum atomic E-state index is -0.0495. The lowest BCUT2D eigenvalue weighted by molar-refractivity contribution is -0.127. The zero-order valence-electron chi connectivity index (χ0n) is 10.1. The topological polar surface area (TPSA) is 40.5 Å². The van der Waals surface area contributed by atoms with Crippen LogP contribution in [0.15, 0.2) is 30.3 Å². The molecule has 1 N–H and O–H groups in total. The van der Waals surface area contributed by atoms with Gasteiger partial charge < -0.3 is 10.0 Å². The second-order valence-electron chi connectivity index (χ2n) is 4.37. The molecule has 96 valence electrons. The molecule has 0 atom stereocenters. The van der Waals surface area contributed by atoms with Gasteiger partial charge in [-0.15, -0.1) is 0 Å². The molecule has 0 spiro atoms. The van der Waals surface area contributed by atoms with E-state index in [0.717, 1.165) is 18.4 Å². The average Bonchev–Trinajstić information content (AvgIpc) is 3.17. The van der Waals surface area contributed by atoms with Crippen LogP contribution >= 0.6 is 11.6 Å². The number of hydrogen-bond acceptors (Lipinski definition) is 2. The highest BCUT2D eigenvalue weighted by Gasteiger charge is 2.30. The van der Waals surface area contributed by atoms with Crippen LogP contribution < -0.4 is 0 Å². The smallest absolute Gasteiger partial charge is 0.246 e. The van der Waals surface area contributed by atoms with Gasteiger partial charge in [0.05, 0.1) is 6.61 Å². The molecular weight excluding hydrogens is 250 g/mol. The van der Waals surface area contributed by atoms with Crippen molar-refractivity contribution in [2.24, 2.45) is 0 Å². The summed E-state index contributed by atoms with van der Waals surface area (Å²) in [4.78, 5) is 13.7. The quantitative estimate of drug-likeness (QED) is 0.830. The molecule has 4 heteroatoms. The number of aliphatic hydroxyl groups is 1. The van der Waals surface area contributed by atoms with E-state index < -0.39 is 0 Å². The monoisotopic (exact) mass is 265 g/mol. The first-order valence-electron chi connectivity index (χ1n) is 6.06. The summed E-state index contributed by atoms with van der Waals surface area (Å²) in [5.74, 6) is -0.0495. The van der Waals surface area contributed by atoms with E-state index >= 15 is 0 Å². The molecule has 18 heavy (non-hydrogen) atoms. The van der Waals surface area contributed by atoms with Crippen LogP contribution in [0.3, 0.4) is 0 Å². The summed E-state index contributed by atoms with van der Waals surface area (Å²) in [6, 6.07) is 7.65. The van der Waals surface area contributed by atoms with Gasteiger partial charge in [0.2, 0.25) is 5.91 Å². The van der Waals surface area contributed by atoms with Crippen LogP contribution in [0.1, 0.15) is 18.4 Å². The Morgan fingerprint density at radius 2 is 2.28 bits per heavy atom. The maximum Gasteiger partial charge on any atom is 0.246 e. The van der Waals surface area contributed by atoms with Crippen LogP contribution in [0.2, 0.25) is 5.02 Å². The minimum absolute atomic E-state index is 0.00719. The van der Waals surface area contributed by atoms with Crippen molar-refractivity contribution in [2.45, 2.75) is 18.9 Å². The number of amides is 1. The van der Waals surface area contributed by atoms with E-state index in [9.17, 15) is 4.79 Å². The summed E-state index contributed by atoms with van der Waals surface area (Å²) < 4.78 is 0. The van der Waals surface area contributed by atoms with Crippen molar-refractivity contribution in [3.63, 3.8) is 0 Å². The Labute approximate surface area is 112 Å². The van der Waals surface area contributed by atoms with Crippen molar-refractivity contribution in [3.05, 3.63) is 40.9 Å². The predicted octanol–water partition coefficient (Wildman–Crippen LogP) is 2.34. The number of nitrogens with zero attached hydrogens (tertiary/aromatic N) is 1. The summed E-state index contributed by atoms with van der Waals surface area (Å²) in [6.45, 7) is 0.413. The molecule has 0 unspecified atom stereocenters. The number of aliphatic hydroxyl groups excluding tert-OH is 1. The molecular formula is C14H16ClNO2. The predicted molar refractivity (Wildman–Crippen MR) is 72.3 cm³/mol. The van der Waals surface area contributed by atoms with Crippen LogP contribution in [-0.4, -0.2) is 35.1 Å². The van der Waals surface area contributed by atoms with Crippen molar-refractivity contribution in [1.82, 2.24) is 4.90 Å². The molecule has 1 aliphatic carbocycles. The summed E-state index contributed by atoms with van der Waals surface area (Å²) >= 11 is 5.87. The van der Waals surface area contributed by atoms with Gasteiger partial charge in [-0.3, -0.25) is 4.79 Å². The van der Waals surface area contributed by atoms with Gasteiger partial charge >= 0.3 is 0 Å². The van der Waals surface area contributed by atoms with Crippen LogP contribution in [0.4, 0.5) is 0 Å². The maximum absolute atomic E-state index is 12.0. The minimum Gasteiger partial charge on any atom is -0.395 e. The number of carbonyl (C=O) groups is 1. The van der Waals surface area contributed by atoms with Gasteiger partial charge in [-0.2, -0.15) is 0 Å². The van der Waals surface area contributed by atoms with E-state index in [1.165, 1.54) is 0 Å². The first-order chi connectivity index (χ1) is 8.70. The van der Waals surface area contributed by atoms with Crippen molar-refractivity contribution in [2.75, 3.05) is 13.2 Å². The first kappa shape index (κ1) is 13.1. The SMILES string of the molecule is O=C(/C=C/c1cccc(Cl)c1)N(CCO)C1CC1. The Morgan fingerprint density at radius 1 is 1.50 bits per heavy atom. The molecule has 0 saturated heterocycles. The molecule has 1 amide bonds. The van der Waals surface area contributed by atoms with Crippen LogP contribution in [-0.2, 0) is 4.79 Å². The molecule has 0 heterocycles. The number of hydrogen-bond donors (Lipinski definition) is 1. The van der Waals surface area contributed by atoms with Crippen molar-refractivity contribution in [3.8, 4) is 0 Å². The number of halogens is 1. The second-order valence-corrected chi connectivity index (χ2v) is 4.81. The Bertz CT molecular complexity index is 455. The lowest BCUT2D eigenvalue weighted by Gasteiger charge is -2.19. The lowest BCUT2D eigenvalue weighted by Crippen LogP contribution is -2.34. The van der Waals surface area contributed by atoms with Gasteiger partial charge in [-0.05, 0) is 36.6 Å². The summed E-state index contributed by atoms with van der Waals surface area (Å²) in [5.41, 5.74) is 0.899. The van der Waals surface area contributed by atoms with Gasteiger partial charge in [-0.1, -0.05) is 23.7 Å². The highest BCUT2D eigenvalue weighted by molar-refractivity contribution is 6.30. The maximum atomic E-state index is 12.0. The highest BCUT2D eigenvalue weighted by atomic mass is 35.5. The Morgan fingerprint density at radius 3 is 2.89 bits per heavy atom. The van der Waals surface area contributed by atoms with Crippen LogP contribution in [0.25, 0.3) is 6.08 Å². The average molecular weight is 266 g/mol. The Kier molecular flexibility index (Phi) is 4.39. The fourth-order valence-corrected chi connectivity index (χ4v) is 2.04. The van der Waals surface area contributed by atoms with Crippen molar-refractivity contribution >= 4 is 23.6 Å². The molecule has 0 aromatic heterocycles. The van der Waals surface area contributed by atoms with Gasteiger partial charge in [0.15, 0.2) is 0 Å². The molecule has 1 aromatic carbocycles. The summed E-state index contributed by atoms with van der Waals surface area (Å²) in [6.07, 6.45) is 5.37. The van der Waals surface area contributed by atoms with Crippen molar-refractivity contribution in [1.29, 1.82) is 0 Å². The molecule has 3 nitrogen and oxygen atoms in total. The molecule has 1 aromatic rings. The molecule has 0 aliphatic heterocycles. The highest BCUT2D eigenvalue weighted by Crippen LogP contribution is 2.26. The largest absolute Gasteiger partial charge is 0.395 e. The van der Waals surface area contributed by atoms with E-state index in [0.29, 0.717) is 17.6 Å². The van der Waals surface area contributed by atoms with E-state index in [1.54, 1.807) is 29.2 Å². The van der Waals surface area contributed by atoms with E-state index in [1.807, 2.05) is 12.1 Å². The summed E-state index contributed by atoms with van der Waals surface area (Å²) in [5, 5.41) is 9.60. The van der Waals surface area contributed by atoms with Crippen LogP contribution in [0.5, 0.6) is 0 Å². The standard InChI is InChI=1S/C14H16ClNO2/c15-12-3-1-2-11(10-12)4-7-14(18)16(8-9-17)13-5-6-13/h1-4,7,10,13,17H,5-6,8-9H2/b7-4+. The third-order valence-electron chi connectivity index (χ3n) is 2.88. The molecule has 2 rings (SSSR count). The van der Waals surface area contributed by atoms with Gasteiger partial charge in [0, 0.05) is 23.7 Å². The third kappa shape index (κ3) is 3.59. The Balaban J connectivity index is 2.01. The zero-order chi connectivity index (χ0) is 13.0. The van der Waals surface area contributed by atoms with Gasteiger partial charge in [0.1, 0.15) is 0 Å². The molecule has 1 fully saturated rings. The van der Waals surface area contributed by atoms with Gasteiger partial charge in [0.25, 0.3) is 0 Å². The number of carbonyl (C=O) groups excluding carboxylic acids is 1. The van der Waals surface area contributed by atoms with E-state index in [4.69, 9.17) is 16.7 Å². The fraction of sp³-hybridized carbons (Fsp3) is 0.357. The molecule has 1 aliphatic rings. The Hall–Kier alpha value is -1.32. The molecule has 1 saturated carbocycles. The zero-order valence-corrected chi connectivity index (χ0v) is 10.8. The summed E-state index contributed by atoms with van der Waals surface area (Å²) in [7, 11) is 0. The third-order valence-corrected chi connectivity index (χ3v) is 3.11. The molecule has 0 radical (unpaired) electrons. The lowest BCUT2D eigenvalue weighted by atomic mass is 10.2. The van der Waals surface area contributed by atoms with Crippen LogP contribution in [0, 0.1) is 0 Å². The number of rotatable bonds is 5. The van der Waals surface area contributed by atoms with Gasteiger partial charge in [-0.25, -0.2) is 0 Å². The second kappa shape index (κ2) is 6.03. The van der Waals surface area contributed by atoms with E-state index in [-0.39, 0.29) is 12.5 Å². The first-order valence-corrected chi connectivity index (χ1v) is 6.43. The fourth-order valence-electron chi connectivity index (χ4n) is 1.84. The van der Waals surface area contributed by atoms with Crippen molar-refractivity contribution < 1.29 is 9.90 Å². The van der Waals surface area contributed by atoms with E-state index in [2.05, 4.69) is 0 Å². The number of benzene rings is 1. The molecule has 0 bridgehead atoms.